The molecule has 3 nitrogen and oxygen atoms in total. The summed E-state index contributed by atoms with van der Waals surface area (Å²) in [4.78, 5) is 0. The van der Waals surface area contributed by atoms with Gasteiger partial charge in [0.05, 0.1) is 6.61 Å². The van der Waals surface area contributed by atoms with Crippen LogP contribution >= 0.6 is 0 Å². The molecule has 0 aliphatic carbocycles. The molecule has 68 valence electrons. The molecular weight excluding hydrogens is 166 g/mol. The predicted octanol–water partition coefficient (Wildman–Crippen LogP) is 1.84. The van der Waals surface area contributed by atoms with E-state index in [0.717, 1.165) is 11.0 Å². The zero-order valence-corrected chi connectivity index (χ0v) is 7.16. The molecule has 0 saturated heterocycles. The fraction of sp³-hybridized carbons (Fsp3) is 0.200. The van der Waals surface area contributed by atoms with Crippen molar-refractivity contribution in [2.24, 2.45) is 0 Å². The molecule has 1 aromatic heterocycles. The first kappa shape index (κ1) is 8.13. The summed E-state index contributed by atoms with van der Waals surface area (Å²) in [5.74, 6) is 0.704. The molecule has 0 fully saturated rings. The Kier molecular flexibility index (Phi) is 2.19. The average molecular weight is 177 g/mol. The summed E-state index contributed by atoms with van der Waals surface area (Å²) >= 11 is 0. The largest absolute Gasteiger partial charge is 0.441 e. The number of nitrogens with one attached hydrogen (secondary N) is 1. The number of aliphatic hydroxyl groups excluding tert-OH is 1. The van der Waals surface area contributed by atoms with Gasteiger partial charge in [0.1, 0.15) is 5.58 Å². The molecule has 1 aromatic carbocycles. The van der Waals surface area contributed by atoms with Gasteiger partial charge in [-0.15, -0.1) is 0 Å². The number of hydrogen-bond donors (Lipinski definition) is 2. The second kappa shape index (κ2) is 3.49. The molecule has 1 heterocycles. The summed E-state index contributed by atoms with van der Waals surface area (Å²) in [6, 6.07) is 9.72. The van der Waals surface area contributed by atoms with E-state index in [1.165, 1.54) is 0 Å². The topological polar surface area (TPSA) is 45.4 Å². The monoisotopic (exact) mass is 177 g/mol. The number of anilines is 1. The van der Waals surface area contributed by atoms with Gasteiger partial charge in [0.2, 0.25) is 0 Å². The van der Waals surface area contributed by atoms with Crippen LogP contribution in [0, 0.1) is 0 Å². The van der Waals surface area contributed by atoms with Crippen LogP contribution in [0.3, 0.4) is 0 Å². The molecule has 13 heavy (non-hydrogen) atoms. The fourth-order valence-electron chi connectivity index (χ4n) is 1.25. The summed E-state index contributed by atoms with van der Waals surface area (Å²) in [5.41, 5.74) is 0.864. The van der Waals surface area contributed by atoms with Gasteiger partial charge >= 0.3 is 0 Å². The van der Waals surface area contributed by atoms with Crippen LogP contribution in [0.25, 0.3) is 11.0 Å². The van der Waals surface area contributed by atoms with Crippen molar-refractivity contribution in [2.45, 2.75) is 0 Å². The predicted molar refractivity (Wildman–Crippen MR) is 51.8 cm³/mol. The minimum absolute atomic E-state index is 0.108. The number of para-hydroxylation sites is 1. The van der Waals surface area contributed by atoms with E-state index in [2.05, 4.69) is 5.32 Å². The van der Waals surface area contributed by atoms with Crippen molar-refractivity contribution in [3.8, 4) is 0 Å². The summed E-state index contributed by atoms with van der Waals surface area (Å²) < 4.78 is 5.45. The molecule has 0 radical (unpaired) electrons. The molecule has 2 aromatic rings. The number of benzene rings is 1. The Morgan fingerprint density at radius 3 is 2.92 bits per heavy atom. The first-order valence-corrected chi connectivity index (χ1v) is 4.23. The zero-order valence-electron chi connectivity index (χ0n) is 7.16. The van der Waals surface area contributed by atoms with Crippen molar-refractivity contribution in [3.63, 3.8) is 0 Å². The van der Waals surface area contributed by atoms with Crippen LogP contribution in [0.15, 0.2) is 34.7 Å². The van der Waals surface area contributed by atoms with Gasteiger partial charge in [0.25, 0.3) is 0 Å². The highest BCUT2D eigenvalue weighted by atomic mass is 16.3. The minimum Gasteiger partial charge on any atom is -0.441 e. The smallest absolute Gasteiger partial charge is 0.194 e. The third-order valence-electron chi connectivity index (χ3n) is 1.84. The molecule has 0 aliphatic rings. The first-order chi connectivity index (χ1) is 6.40. The highest BCUT2D eigenvalue weighted by Gasteiger charge is 2.00. The summed E-state index contributed by atoms with van der Waals surface area (Å²) in [6.45, 7) is 0.622. The standard InChI is InChI=1S/C10H11NO2/c12-6-5-11-10-7-8-3-1-2-4-9(8)13-10/h1-4,7,11-12H,5-6H2. The lowest BCUT2D eigenvalue weighted by atomic mass is 10.3. The Hall–Kier alpha value is -1.48. The van der Waals surface area contributed by atoms with E-state index in [1.807, 2.05) is 30.3 Å². The Morgan fingerprint density at radius 1 is 1.31 bits per heavy atom. The normalized spacial score (nSPS) is 10.5. The first-order valence-electron chi connectivity index (χ1n) is 4.23. The Bertz CT molecular complexity index is 361. The highest BCUT2D eigenvalue weighted by molar-refractivity contribution is 5.80. The molecule has 3 heteroatoms. The second-order valence-corrected chi connectivity index (χ2v) is 2.80. The van der Waals surface area contributed by atoms with Crippen molar-refractivity contribution in [1.29, 1.82) is 0 Å². The third kappa shape index (κ3) is 1.65. The Morgan fingerprint density at radius 2 is 2.15 bits per heavy atom. The van der Waals surface area contributed by atoms with E-state index in [-0.39, 0.29) is 6.61 Å². The van der Waals surface area contributed by atoms with Crippen LogP contribution in [0.4, 0.5) is 5.88 Å². The summed E-state index contributed by atoms with van der Waals surface area (Å²) in [6.07, 6.45) is 0. The fourth-order valence-corrected chi connectivity index (χ4v) is 1.25. The van der Waals surface area contributed by atoms with Crippen LogP contribution in [0.1, 0.15) is 0 Å². The van der Waals surface area contributed by atoms with E-state index < -0.39 is 0 Å². The molecule has 0 saturated carbocycles. The van der Waals surface area contributed by atoms with Crippen LogP contribution in [0.2, 0.25) is 0 Å². The Balaban J connectivity index is 2.28. The quantitative estimate of drug-likeness (QED) is 0.751. The molecule has 0 spiro atoms. The van der Waals surface area contributed by atoms with Crippen molar-refractivity contribution >= 4 is 16.9 Å². The van der Waals surface area contributed by atoms with Crippen molar-refractivity contribution < 1.29 is 9.52 Å². The maximum absolute atomic E-state index is 8.60. The molecule has 0 bridgehead atoms. The van der Waals surface area contributed by atoms with Crippen molar-refractivity contribution in [3.05, 3.63) is 30.3 Å². The van der Waals surface area contributed by atoms with Gasteiger partial charge in [-0.1, -0.05) is 18.2 Å². The van der Waals surface area contributed by atoms with Crippen LogP contribution in [-0.2, 0) is 0 Å². The van der Waals surface area contributed by atoms with Gasteiger partial charge < -0.3 is 14.8 Å². The number of fused-ring (bicyclic) bond motifs is 1. The molecule has 2 N–H and O–H groups in total. The second-order valence-electron chi connectivity index (χ2n) is 2.80. The maximum atomic E-state index is 8.60. The van der Waals surface area contributed by atoms with E-state index in [9.17, 15) is 0 Å². The third-order valence-corrected chi connectivity index (χ3v) is 1.84. The van der Waals surface area contributed by atoms with E-state index in [4.69, 9.17) is 9.52 Å². The van der Waals surface area contributed by atoms with Crippen molar-refractivity contribution in [1.82, 2.24) is 0 Å². The Labute approximate surface area is 76.0 Å². The van der Waals surface area contributed by atoms with Crippen LogP contribution < -0.4 is 5.32 Å². The number of hydrogen-bond acceptors (Lipinski definition) is 3. The van der Waals surface area contributed by atoms with E-state index in [1.54, 1.807) is 0 Å². The molecule has 0 atom stereocenters. The maximum Gasteiger partial charge on any atom is 0.194 e. The lowest BCUT2D eigenvalue weighted by Crippen LogP contribution is -2.03. The van der Waals surface area contributed by atoms with Gasteiger partial charge in [-0.05, 0) is 6.07 Å². The molecular formula is C10H11NO2. The minimum atomic E-state index is 0.108. The lowest BCUT2D eigenvalue weighted by molar-refractivity contribution is 0.310. The summed E-state index contributed by atoms with van der Waals surface area (Å²) in [5, 5.41) is 12.6. The number of furan rings is 1. The van der Waals surface area contributed by atoms with Gasteiger partial charge in [-0.25, -0.2) is 0 Å². The van der Waals surface area contributed by atoms with Crippen LogP contribution in [-0.4, -0.2) is 18.3 Å². The van der Waals surface area contributed by atoms with Crippen molar-refractivity contribution in [2.75, 3.05) is 18.5 Å². The zero-order chi connectivity index (χ0) is 9.10. The molecule has 0 amide bonds. The van der Waals surface area contributed by atoms with Gasteiger partial charge in [-0.3, -0.25) is 0 Å². The average Bonchev–Trinajstić information content (AvgIpc) is 2.57. The molecule has 0 unspecified atom stereocenters. The van der Waals surface area contributed by atoms with E-state index in [0.29, 0.717) is 12.4 Å². The van der Waals surface area contributed by atoms with Gasteiger partial charge in [-0.2, -0.15) is 0 Å². The van der Waals surface area contributed by atoms with Gasteiger partial charge in [0, 0.05) is 18.0 Å². The summed E-state index contributed by atoms with van der Waals surface area (Å²) in [7, 11) is 0. The SMILES string of the molecule is OCCNc1cc2ccccc2o1. The van der Waals surface area contributed by atoms with E-state index >= 15 is 0 Å². The van der Waals surface area contributed by atoms with Crippen LogP contribution in [0.5, 0.6) is 0 Å². The molecule has 0 aliphatic heterocycles. The molecule has 2 rings (SSSR count). The number of rotatable bonds is 3. The van der Waals surface area contributed by atoms with Gasteiger partial charge in [0.15, 0.2) is 5.88 Å². The lowest BCUT2D eigenvalue weighted by Gasteiger charge is -1.96. The highest BCUT2D eigenvalue weighted by Crippen LogP contribution is 2.21. The number of aliphatic hydroxyl groups is 1.